The van der Waals surface area contributed by atoms with Crippen LogP contribution in [0.2, 0.25) is 0 Å². The first-order valence-electron chi connectivity index (χ1n) is 9.75. The van der Waals surface area contributed by atoms with Crippen LogP contribution < -0.4 is 5.32 Å². The van der Waals surface area contributed by atoms with E-state index in [-0.39, 0.29) is 36.1 Å². The van der Waals surface area contributed by atoms with Crippen LogP contribution >= 0.6 is 12.4 Å². The molecule has 4 rings (SSSR count). The summed E-state index contributed by atoms with van der Waals surface area (Å²) < 4.78 is 5.04. The van der Waals surface area contributed by atoms with Gasteiger partial charge in [-0.1, -0.05) is 36.4 Å². The van der Waals surface area contributed by atoms with E-state index in [0.29, 0.717) is 18.7 Å². The number of ether oxygens (including phenoxy) is 1. The van der Waals surface area contributed by atoms with E-state index < -0.39 is 0 Å². The molecule has 1 fully saturated rings. The molecule has 1 saturated heterocycles. The molecule has 2 heterocycles. The highest BCUT2D eigenvalue weighted by Crippen LogP contribution is 2.29. The molecule has 0 aliphatic carbocycles. The number of hydrogen-bond donors (Lipinski definition) is 2. The van der Waals surface area contributed by atoms with E-state index in [1.54, 1.807) is 13.0 Å². The van der Waals surface area contributed by atoms with Gasteiger partial charge in [0, 0.05) is 23.2 Å². The molecular formula is C23H25ClN2O3. The van der Waals surface area contributed by atoms with Crippen molar-refractivity contribution in [3.05, 3.63) is 71.4 Å². The van der Waals surface area contributed by atoms with Gasteiger partial charge in [0.25, 0.3) is 0 Å². The summed E-state index contributed by atoms with van der Waals surface area (Å²) in [6.45, 7) is 2.98. The second-order valence-electron chi connectivity index (χ2n) is 7.21. The Labute approximate surface area is 176 Å². The fraction of sp³-hybridized carbons (Fsp3) is 0.304. The number of aromatic nitrogens is 1. The largest absolute Gasteiger partial charge is 0.461 e. The second kappa shape index (κ2) is 9.25. The minimum atomic E-state index is -0.364. The van der Waals surface area contributed by atoms with Crippen molar-refractivity contribution in [1.82, 2.24) is 10.3 Å². The molecule has 2 atom stereocenters. The number of benzene rings is 2. The fourth-order valence-corrected chi connectivity index (χ4v) is 4.02. The third-order valence-corrected chi connectivity index (χ3v) is 5.36. The van der Waals surface area contributed by atoms with Crippen LogP contribution in [0.15, 0.2) is 54.6 Å². The molecular weight excluding hydrogens is 388 g/mol. The van der Waals surface area contributed by atoms with Gasteiger partial charge < -0.3 is 15.0 Å². The molecule has 2 N–H and O–H groups in total. The summed E-state index contributed by atoms with van der Waals surface area (Å²) >= 11 is 0. The SMILES string of the molecule is CCOC(=O)c1cc2cc(CC(=O)[C@H]3NCCC3c3ccccc3)ccc2[nH]1.Cl. The van der Waals surface area contributed by atoms with Gasteiger partial charge in [0.1, 0.15) is 5.69 Å². The van der Waals surface area contributed by atoms with Crippen molar-refractivity contribution < 1.29 is 14.3 Å². The van der Waals surface area contributed by atoms with Crippen molar-refractivity contribution in [2.24, 2.45) is 0 Å². The van der Waals surface area contributed by atoms with Crippen molar-refractivity contribution in [2.45, 2.75) is 31.7 Å². The van der Waals surface area contributed by atoms with Crippen LogP contribution in [0, 0.1) is 0 Å². The molecule has 3 aromatic rings. The monoisotopic (exact) mass is 412 g/mol. The molecule has 0 amide bonds. The van der Waals surface area contributed by atoms with Gasteiger partial charge in [0.15, 0.2) is 5.78 Å². The lowest BCUT2D eigenvalue weighted by Crippen LogP contribution is -2.35. The molecule has 1 aromatic heterocycles. The van der Waals surface area contributed by atoms with Gasteiger partial charge in [-0.25, -0.2) is 4.79 Å². The summed E-state index contributed by atoms with van der Waals surface area (Å²) in [5.41, 5.74) is 3.46. The molecule has 6 heteroatoms. The van der Waals surface area contributed by atoms with Gasteiger partial charge in [-0.05, 0) is 49.2 Å². The van der Waals surface area contributed by atoms with Crippen LogP contribution in [0.3, 0.4) is 0 Å². The molecule has 1 unspecified atom stereocenters. The van der Waals surface area contributed by atoms with Crippen LogP contribution in [0.1, 0.15) is 40.9 Å². The predicted molar refractivity (Wildman–Crippen MR) is 116 cm³/mol. The first kappa shape index (κ1) is 21.1. The van der Waals surface area contributed by atoms with Crippen LogP contribution in [0.4, 0.5) is 0 Å². The van der Waals surface area contributed by atoms with Crippen LogP contribution in [-0.4, -0.2) is 35.9 Å². The first-order valence-corrected chi connectivity index (χ1v) is 9.75. The van der Waals surface area contributed by atoms with E-state index in [1.807, 2.05) is 36.4 Å². The van der Waals surface area contributed by atoms with Gasteiger partial charge >= 0.3 is 5.97 Å². The predicted octanol–water partition coefficient (Wildman–Crippen LogP) is 4.02. The van der Waals surface area contributed by atoms with Crippen molar-refractivity contribution in [1.29, 1.82) is 0 Å². The Hall–Kier alpha value is -2.63. The van der Waals surface area contributed by atoms with Crippen molar-refractivity contribution in [3.8, 4) is 0 Å². The number of fused-ring (bicyclic) bond motifs is 1. The summed E-state index contributed by atoms with van der Waals surface area (Å²) in [7, 11) is 0. The second-order valence-corrected chi connectivity index (χ2v) is 7.21. The number of H-pyrrole nitrogens is 1. The Balaban J connectivity index is 0.00000240. The average molecular weight is 413 g/mol. The molecule has 0 saturated carbocycles. The normalized spacial score (nSPS) is 18.4. The molecule has 1 aliphatic rings. The van der Waals surface area contributed by atoms with Gasteiger partial charge in [0.2, 0.25) is 0 Å². The highest BCUT2D eigenvalue weighted by molar-refractivity contribution is 5.95. The van der Waals surface area contributed by atoms with E-state index >= 15 is 0 Å². The number of carbonyl (C=O) groups excluding carboxylic acids is 2. The summed E-state index contributed by atoms with van der Waals surface area (Å²) in [5.74, 6) is 0.0594. The zero-order chi connectivity index (χ0) is 19.5. The van der Waals surface area contributed by atoms with Crippen LogP contribution in [-0.2, 0) is 16.0 Å². The maximum Gasteiger partial charge on any atom is 0.354 e. The quantitative estimate of drug-likeness (QED) is 0.600. The van der Waals surface area contributed by atoms with Gasteiger partial charge in [-0.15, -0.1) is 12.4 Å². The minimum absolute atomic E-state index is 0. The highest BCUT2D eigenvalue weighted by Gasteiger charge is 2.33. The lowest BCUT2D eigenvalue weighted by molar-refractivity contribution is -0.120. The van der Waals surface area contributed by atoms with E-state index in [0.717, 1.165) is 29.4 Å². The van der Waals surface area contributed by atoms with Gasteiger partial charge in [-0.3, -0.25) is 4.79 Å². The Morgan fingerprint density at radius 3 is 2.66 bits per heavy atom. The number of nitrogens with one attached hydrogen (secondary N) is 2. The summed E-state index contributed by atoms with van der Waals surface area (Å²) in [6.07, 6.45) is 1.34. The third-order valence-electron chi connectivity index (χ3n) is 5.36. The summed E-state index contributed by atoms with van der Waals surface area (Å²) in [4.78, 5) is 28.0. The lowest BCUT2D eigenvalue weighted by atomic mass is 9.88. The molecule has 0 bridgehead atoms. The minimum Gasteiger partial charge on any atom is -0.461 e. The van der Waals surface area contributed by atoms with Crippen molar-refractivity contribution in [3.63, 3.8) is 0 Å². The number of ketones is 1. The number of carbonyl (C=O) groups is 2. The Morgan fingerprint density at radius 2 is 1.90 bits per heavy atom. The molecule has 0 spiro atoms. The zero-order valence-electron chi connectivity index (χ0n) is 16.3. The first-order chi connectivity index (χ1) is 13.7. The summed E-state index contributed by atoms with van der Waals surface area (Å²) in [6, 6.07) is 17.7. The van der Waals surface area contributed by atoms with Crippen LogP contribution in [0.25, 0.3) is 10.9 Å². The maximum absolute atomic E-state index is 13.0. The molecule has 5 nitrogen and oxygen atoms in total. The zero-order valence-corrected chi connectivity index (χ0v) is 17.1. The maximum atomic E-state index is 13.0. The summed E-state index contributed by atoms with van der Waals surface area (Å²) in [5, 5.41) is 4.29. The molecule has 1 aliphatic heterocycles. The smallest absolute Gasteiger partial charge is 0.354 e. The molecule has 2 aromatic carbocycles. The van der Waals surface area contributed by atoms with E-state index in [2.05, 4.69) is 22.4 Å². The highest BCUT2D eigenvalue weighted by atomic mass is 35.5. The Kier molecular flexibility index (Phi) is 6.72. The van der Waals surface area contributed by atoms with Crippen LogP contribution in [0.5, 0.6) is 0 Å². The number of aromatic amines is 1. The van der Waals surface area contributed by atoms with Crippen molar-refractivity contribution >= 4 is 35.1 Å². The average Bonchev–Trinajstić information content (AvgIpc) is 3.36. The van der Waals surface area contributed by atoms with E-state index in [1.165, 1.54) is 5.56 Å². The third kappa shape index (κ3) is 4.52. The standard InChI is InChI=1S/C23H24N2O3.ClH/c1-2-28-23(27)20-14-17-12-15(8-9-19(17)25-20)13-21(26)22-18(10-11-24-22)16-6-4-3-5-7-16;/h3-9,12,14,18,22,24-25H,2,10-11,13H2,1H3;1H/t18?,22-;/m0./s1. The van der Waals surface area contributed by atoms with Gasteiger partial charge in [0.05, 0.1) is 12.6 Å². The Bertz CT molecular complexity index is 1000. The van der Waals surface area contributed by atoms with Crippen molar-refractivity contribution in [2.75, 3.05) is 13.2 Å². The number of hydrogen-bond acceptors (Lipinski definition) is 4. The van der Waals surface area contributed by atoms with Gasteiger partial charge in [-0.2, -0.15) is 0 Å². The fourth-order valence-electron chi connectivity index (χ4n) is 4.02. The number of halogens is 1. The van der Waals surface area contributed by atoms with E-state index in [4.69, 9.17) is 4.74 Å². The molecule has 0 radical (unpaired) electrons. The molecule has 29 heavy (non-hydrogen) atoms. The lowest BCUT2D eigenvalue weighted by Gasteiger charge is -2.19. The molecule has 152 valence electrons. The number of esters is 1. The number of rotatable bonds is 6. The van der Waals surface area contributed by atoms with E-state index in [9.17, 15) is 9.59 Å². The topological polar surface area (TPSA) is 71.2 Å². The Morgan fingerprint density at radius 1 is 1.10 bits per heavy atom. The number of Topliss-reactive ketones (excluding diaryl/α,β-unsaturated/α-hetero) is 1.